The van der Waals surface area contributed by atoms with Crippen molar-refractivity contribution in [2.45, 2.75) is 31.7 Å². The van der Waals surface area contributed by atoms with Crippen molar-refractivity contribution in [1.29, 1.82) is 0 Å². The quantitative estimate of drug-likeness (QED) is 0.869. The van der Waals surface area contributed by atoms with Crippen molar-refractivity contribution in [2.75, 3.05) is 31.6 Å². The van der Waals surface area contributed by atoms with Crippen molar-refractivity contribution >= 4 is 15.8 Å². The van der Waals surface area contributed by atoms with Crippen LogP contribution in [-0.2, 0) is 14.8 Å². The lowest BCUT2D eigenvalue weighted by Crippen LogP contribution is -2.40. The standard InChI is InChI=1S/C19H25N3O3S/c1-14-4-5-15(2)18(12-14)16(3)21-19-7-6-17(13-20-19)26(23,24)22-8-10-25-11-9-22/h4-7,12-13,16H,8-11H2,1-3H3,(H,20,21)/p+1/t16-/m0/s1. The molecule has 1 aromatic heterocycles. The van der Waals surface area contributed by atoms with E-state index in [1.165, 1.54) is 21.0 Å². The van der Waals surface area contributed by atoms with Crippen molar-refractivity contribution in [3.05, 3.63) is 53.2 Å². The normalized spacial score (nSPS) is 17.0. The molecular weight excluding hydrogens is 350 g/mol. The number of hydrogen-bond donors (Lipinski definition) is 1. The van der Waals surface area contributed by atoms with Gasteiger partial charge in [-0.15, -0.1) is 0 Å². The zero-order valence-electron chi connectivity index (χ0n) is 15.5. The van der Waals surface area contributed by atoms with Gasteiger partial charge in [-0.2, -0.15) is 4.31 Å². The lowest BCUT2D eigenvalue weighted by Gasteiger charge is -2.25. The van der Waals surface area contributed by atoms with Gasteiger partial charge >= 0.3 is 0 Å². The van der Waals surface area contributed by atoms with Crippen LogP contribution in [0.15, 0.2) is 41.4 Å². The van der Waals surface area contributed by atoms with Crippen LogP contribution in [0.5, 0.6) is 0 Å². The largest absolute Gasteiger partial charge is 0.379 e. The highest BCUT2D eigenvalue weighted by atomic mass is 32.2. The Morgan fingerprint density at radius 3 is 2.54 bits per heavy atom. The van der Waals surface area contributed by atoms with Crippen LogP contribution >= 0.6 is 0 Å². The van der Waals surface area contributed by atoms with Gasteiger partial charge in [0, 0.05) is 19.2 Å². The molecule has 1 aliphatic heterocycles. The summed E-state index contributed by atoms with van der Waals surface area (Å²) in [5, 5.41) is 3.40. The van der Waals surface area contributed by atoms with Crippen LogP contribution in [0.25, 0.3) is 0 Å². The first-order chi connectivity index (χ1) is 12.4. The molecule has 2 heterocycles. The molecule has 0 aliphatic carbocycles. The van der Waals surface area contributed by atoms with Gasteiger partial charge in [-0.3, -0.25) is 5.32 Å². The molecular formula is C19H26N3O3S+. The smallest absolute Gasteiger partial charge is 0.272 e. The molecule has 3 rings (SSSR count). The molecule has 0 bridgehead atoms. The number of nitrogens with zero attached hydrogens (tertiary/aromatic N) is 1. The summed E-state index contributed by atoms with van der Waals surface area (Å²) in [7, 11) is -3.48. The monoisotopic (exact) mass is 376 g/mol. The number of aromatic nitrogens is 1. The number of hydrogen-bond acceptors (Lipinski definition) is 4. The summed E-state index contributed by atoms with van der Waals surface area (Å²) in [5.41, 5.74) is 3.67. The van der Waals surface area contributed by atoms with E-state index in [0.29, 0.717) is 26.3 Å². The first-order valence-corrected chi connectivity index (χ1v) is 10.3. The second-order valence-electron chi connectivity index (χ2n) is 6.68. The van der Waals surface area contributed by atoms with Crippen LogP contribution in [0.2, 0.25) is 0 Å². The number of anilines is 1. The zero-order valence-corrected chi connectivity index (χ0v) is 16.3. The molecule has 0 unspecified atom stereocenters. The van der Waals surface area contributed by atoms with Crippen LogP contribution in [0, 0.1) is 13.8 Å². The van der Waals surface area contributed by atoms with Crippen LogP contribution in [0.1, 0.15) is 29.7 Å². The van der Waals surface area contributed by atoms with Crippen molar-refractivity contribution in [1.82, 2.24) is 4.31 Å². The fourth-order valence-electron chi connectivity index (χ4n) is 3.13. The highest BCUT2D eigenvalue weighted by Gasteiger charge is 2.27. The maximum Gasteiger partial charge on any atom is 0.272 e. The highest BCUT2D eigenvalue weighted by Crippen LogP contribution is 2.22. The minimum Gasteiger partial charge on any atom is -0.379 e. The summed E-state index contributed by atoms with van der Waals surface area (Å²) in [5.74, 6) is 0.777. The van der Waals surface area contributed by atoms with Gasteiger partial charge in [0.15, 0.2) is 0 Å². The Morgan fingerprint density at radius 2 is 1.88 bits per heavy atom. The third-order valence-corrected chi connectivity index (χ3v) is 6.56. The van der Waals surface area contributed by atoms with Gasteiger partial charge in [0.05, 0.1) is 13.2 Å². The Kier molecular flexibility index (Phi) is 5.60. The van der Waals surface area contributed by atoms with Gasteiger partial charge in [-0.25, -0.2) is 13.4 Å². The Morgan fingerprint density at radius 1 is 1.15 bits per heavy atom. The second kappa shape index (κ2) is 7.73. The highest BCUT2D eigenvalue weighted by molar-refractivity contribution is 7.89. The molecule has 140 valence electrons. The van der Waals surface area contributed by atoms with Crippen LogP contribution in [-0.4, -0.2) is 39.0 Å². The minimum atomic E-state index is -3.48. The molecule has 2 aromatic rings. The fourth-order valence-corrected chi connectivity index (χ4v) is 4.51. The van der Waals surface area contributed by atoms with E-state index >= 15 is 0 Å². The Hall–Kier alpha value is -1.96. The van der Waals surface area contributed by atoms with Gasteiger partial charge in [-0.05, 0) is 38.0 Å². The number of aromatic amines is 1. The Bertz CT molecular complexity index is 860. The van der Waals surface area contributed by atoms with E-state index in [0.717, 1.165) is 5.82 Å². The predicted molar refractivity (Wildman–Crippen MR) is 101 cm³/mol. The minimum absolute atomic E-state index is 0.104. The van der Waals surface area contributed by atoms with E-state index in [1.807, 2.05) is 0 Å². The number of pyridine rings is 1. The molecule has 7 heteroatoms. The molecule has 1 atom stereocenters. The number of sulfonamides is 1. The SMILES string of the molecule is Cc1ccc(C)c([C@H](C)Nc2ccc(S(=O)(=O)N3CCOCC3)c[nH+]2)c1. The molecule has 1 aliphatic rings. The van der Waals surface area contributed by atoms with Gasteiger partial charge in [-0.1, -0.05) is 23.8 Å². The number of morpholine rings is 1. The maximum absolute atomic E-state index is 12.7. The lowest BCUT2D eigenvalue weighted by molar-refractivity contribution is -0.364. The molecule has 0 amide bonds. The summed E-state index contributed by atoms with van der Waals surface area (Å²) in [6.07, 6.45) is 1.54. The van der Waals surface area contributed by atoms with Gasteiger partial charge in [0.1, 0.15) is 17.1 Å². The number of ether oxygens (including phenoxy) is 1. The number of H-pyrrole nitrogens is 1. The van der Waals surface area contributed by atoms with Crippen molar-refractivity contribution in [2.24, 2.45) is 0 Å². The molecule has 1 fully saturated rings. The molecule has 6 nitrogen and oxygen atoms in total. The summed E-state index contributed by atoms with van der Waals surface area (Å²) in [6.45, 7) is 7.93. The first kappa shape index (κ1) is 18.8. The van der Waals surface area contributed by atoms with Crippen LogP contribution < -0.4 is 10.3 Å². The van der Waals surface area contributed by atoms with E-state index in [-0.39, 0.29) is 10.9 Å². The second-order valence-corrected chi connectivity index (χ2v) is 8.62. The van der Waals surface area contributed by atoms with Crippen molar-refractivity contribution in [3.63, 3.8) is 0 Å². The van der Waals surface area contributed by atoms with E-state index in [4.69, 9.17) is 4.74 Å². The van der Waals surface area contributed by atoms with Gasteiger partial charge in [0.25, 0.3) is 5.82 Å². The van der Waals surface area contributed by atoms with Gasteiger partial charge < -0.3 is 4.74 Å². The molecule has 26 heavy (non-hydrogen) atoms. The fraction of sp³-hybridized carbons (Fsp3) is 0.421. The van der Waals surface area contributed by atoms with E-state index < -0.39 is 10.0 Å². The predicted octanol–water partition coefficient (Wildman–Crippen LogP) is 2.31. The lowest BCUT2D eigenvalue weighted by atomic mass is 10.00. The van der Waals surface area contributed by atoms with E-state index in [2.05, 4.69) is 49.3 Å². The van der Waals surface area contributed by atoms with E-state index in [9.17, 15) is 8.42 Å². The molecule has 2 N–H and O–H groups in total. The summed E-state index contributed by atoms with van der Waals surface area (Å²) >= 11 is 0. The number of benzene rings is 1. The Balaban J connectivity index is 1.74. The molecule has 1 aromatic carbocycles. The number of nitrogens with one attached hydrogen (secondary N) is 2. The number of rotatable bonds is 5. The van der Waals surface area contributed by atoms with Crippen molar-refractivity contribution in [3.8, 4) is 0 Å². The topological polar surface area (TPSA) is 72.8 Å². The van der Waals surface area contributed by atoms with Crippen molar-refractivity contribution < 1.29 is 18.1 Å². The average Bonchev–Trinajstić information content (AvgIpc) is 2.65. The average molecular weight is 377 g/mol. The summed E-state index contributed by atoms with van der Waals surface area (Å²) < 4.78 is 32.0. The molecule has 0 radical (unpaired) electrons. The van der Waals surface area contributed by atoms with E-state index in [1.54, 1.807) is 18.3 Å². The third kappa shape index (κ3) is 4.06. The van der Waals surface area contributed by atoms with Crippen LogP contribution in [0.3, 0.4) is 0 Å². The summed E-state index contributed by atoms with van der Waals surface area (Å²) in [4.78, 5) is 3.34. The maximum atomic E-state index is 12.7. The van der Waals surface area contributed by atoms with Crippen LogP contribution in [0.4, 0.5) is 5.82 Å². The first-order valence-electron chi connectivity index (χ1n) is 8.81. The number of aryl methyl sites for hydroxylation is 2. The third-order valence-electron chi connectivity index (χ3n) is 4.67. The summed E-state index contributed by atoms with van der Waals surface area (Å²) in [6, 6.07) is 9.90. The van der Waals surface area contributed by atoms with Gasteiger partial charge in [0.2, 0.25) is 10.0 Å². The Labute approximate surface area is 155 Å². The molecule has 0 spiro atoms. The molecule has 0 saturated carbocycles. The zero-order chi connectivity index (χ0) is 18.7. The molecule has 1 saturated heterocycles.